The van der Waals surface area contributed by atoms with E-state index in [1.54, 1.807) is 0 Å². The largest absolute Gasteiger partial charge is 0.465 e. The predicted molar refractivity (Wildman–Crippen MR) is 92.7 cm³/mol. The maximum absolute atomic E-state index is 11.1. The second-order valence-corrected chi connectivity index (χ2v) is 5.56. The van der Waals surface area contributed by atoms with Crippen molar-refractivity contribution in [2.45, 2.75) is 18.9 Å². The number of imidazole rings is 1. The lowest BCUT2D eigenvalue weighted by molar-refractivity contribution is 0.188. The van der Waals surface area contributed by atoms with Gasteiger partial charge < -0.3 is 15.4 Å². The lowest BCUT2D eigenvalue weighted by Gasteiger charge is -2.14. The number of nitrogens with one attached hydrogen (secondary N) is 2. The van der Waals surface area contributed by atoms with Crippen LogP contribution in [0.15, 0.2) is 66.9 Å². The van der Waals surface area contributed by atoms with Crippen LogP contribution in [0.4, 0.5) is 4.79 Å². The van der Waals surface area contributed by atoms with Gasteiger partial charge in [-0.3, -0.25) is 0 Å². The summed E-state index contributed by atoms with van der Waals surface area (Å²) in [7, 11) is 0. The van der Waals surface area contributed by atoms with Crippen molar-refractivity contribution in [3.8, 4) is 11.3 Å². The molecule has 1 amide bonds. The first-order chi connectivity index (χ1) is 11.7. The summed E-state index contributed by atoms with van der Waals surface area (Å²) in [5.41, 5.74) is 2.98. The van der Waals surface area contributed by atoms with Crippen molar-refractivity contribution < 1.29 is 9.90 Å². The summed E-state index contributed by atoms with van der Waals surface area (Å²) in [6.45, 7) is 0. The van der Waals surface area contributed by atoms with E-state index in [1.807, 2.05) is 66.9 Å². The Bertz CT molecular complexity index is 785. The summed E-state index contributed by atoms with van der Waals surface area (Å²) in [6, 6.07) is 19.4. The van der Waals surface area contributed by atoms with Gasteiger partial charge in [0.25, 0.3) is 0 Å². The number of hydrogen-bond acceptors (Lipinski definition) is 2. The van der Waals surface area contributed by atoms with Gasteiger partial charge in [-0.15, -0.1) is 0 Å². The fourth-order valence-electron chi connectivity index (χ4n) is 2.65. The summed E-state index contributed by atoms with van der Waals surface area (Å²) >= 11 is 0. The number of aromatic nitrogens is 2. The zero-order chi connectivity index (χ0) is 16.8. The molecule has 3 aromatic rings. The van der Waals surface area contributed by atoms with Crippen LogP contribution in [-0.2, 0) is 6.42 Å². The number of rotatable bonds is 6. The second kappa shape index (κ2) is 7.46. The van der Waals surface area contributed by atoms with E-state index in [1.165, 1.54) is 5.56 Å². The Morgan fingerprint density at radius 3 is 2.42 bits per heavy atom. The molecule has 5 nitrogen and oxygen atoms in total. The Hall–Kier alpha value is -3.08. The smallest absolute Gasteiger partial charge is 0.405 e. The topological polar surface area (TPSA) is 78.0 Å². The molecule has 2 aromatic carbocycles. The number of carbonyl (C=O) groups is 1. The van der Waals surface area contributed by atoms with Crippen LogP contribution in [-0.4, -0.2) is 21.2 Å². The minimum Gasteiger partial charge on any atom is -0.465 e. The van der Waals surface area contributed by atoms with Crippen molar-refractivity contribution in [2.75, 3.05) is 0 Å². The fourth-order valence-corrected chi connectivity index (χ4v) is 2.65. The van der Waals surface area contributed by atoms with Gasteiger partial charge in [0.1, 0.15) is 5.82 Å². The van der Waals surface area contributed by atoms with E-state index in [0.29, 0.717) is 12.2 Å². The minimum absolute atomic E-state index is 0.375. The molecule has 0 spiro atoms. The maximum atomic E-state index is 11.1. The molecule has 0 bridgehead atoms. The highest BCUT2D eigenvalue weighted by Crippen LogP contribution is 2.21. The average Bonchev–Trinajstić information content (AvgIpc) is 3.10. The highest BCUT2D eigenvalue weighted by atomic mass is 16.4. The SMILES string of the molecule is O=C(O)NC(CCc1ccccc1)c1nc(-c2ccccc2)c[nH]1. The van der Waals surface area contributed by atoms with Gasteiger partial charge >= 0.3 is 6.09 Å². The van der Waals surface area contributed by atoms with E-state index in [0.717, 1.165) is 17.7 Å². The number of H-pyrrole nitrogens is 1. The maximum Gasteiger partial charge on any atom is 0.405 e. The molecule has 0 aliphatic rings. The predicted octanol–water partition coefficient (Wildman–Crippen LogP) is 4.02. The van der Waals surface area contributed by atoms with Gasteiger partial charge in [-0.1, -0.05) is 60.7 Å². The molecule has 1 heterocycles. The van der Waals surface area contributed by atoms with Crippen LogP contribution in [0.25, 0.3) is 11.3 Å². The molecular formula is C19H19N3O2. The third kappa shape index (κ3) is 4.01. The number of nitrogens with zero attached hydrogens (tertiary/aromatic N) is 1. The highest BCUT2D eigenvalue weighted by molar-refractivity contribution is 5.65. The zero-order valence-corrected chi connectivity index (χ0v) is 13.1. The van der Waals surface area contributed by atoms with Crippen LogP contribution < -0.4 is 5.32 Å². The van der Waals surface area contributed by atoms with Crippen molar-refractivity contribution in [1.82, 2.24) is 15.3 Å². The summed E-state index contributed by atoms with van der Waals surface area (Å²) in [5, 5.41) is 11.7. The van der Waals surface area contributed by atoms with Crippen LogP contribution in [0.2, 0.25) is 0 Å². The molecule has 0 aliphatic carbocycles. The van der Waals surface area contributed by atoms with Gasteiger partial charge in [-0.25, -0.2) is 9.78 Å². The van der Waals surface area contributed by atoms with Crippen LogP contribution >= 0.6 is 0 Å². The highest BCUT2D eigenvalue weighted by Gasteiger charge is 2.18. The Morgan fingerprint density at radius 1 is 1.08 bits per heavy atom. The number of aromatic amines is 1. The van der Waals surface area contributed by atoms with Crippen LogP contribution in [0.3, 0.4) is 0 Å². The number of hydrogen-bond donors (Lipinski definition) is 3. The molecule has 0 aliphatic heterocycles. The zero-order valence-electron chi connectivity index (χ0n) is 13.1. The summed E-state index contributed by atoms with van der Waals surface area (Å²) < 4.78 is 0. The second-order valence-electron chi connectivity index (χ2n) is 5.56. The van der Waals surface area contributed by atoms with Crippen molar-refractivity contribution in [3.63, 3.8) is 0 Å². The molecular weight excluding hydrogens is 302 g/mol. The van der Waals surface area contributed by atoms with Crippen molar-refractivity contribution in [1.29, 1.82) is 0 Å². The summed E-state index contributed by atoms with van der Waals surface area (Å²) in [6.07, 6.45) is 2.17. The van der Waals surface area contributed by atoms with Gasteiger partial charge in [0, 0.05) is 11.8 Å². The molecule has 5 heteroatoms. The van der Waals surface area contributed by atoms with Gasteiger partial charge in [0.05, 0.1) is 11.7 Å². The molecule has 3 rings (SSSR count). The summed E-state index contributed by atoms with van der Waals surface area (Å²) in [4.78, 5) is 18.8. The Balaban J connectivity index is 1.76. The molecule has 122 valence electrons. The van der Waals surface area contributed by atoms with Crippen molar-refractivity contribution in [3.05, 3.63) is 78.2 Å². The number of aryl methyl sites for hydroxylation is 1. The van der Waals surface area contributed by atoms with E-state index in [2.05, 4.69) is 15.3 Å². The van der Waals surface area contributed by atoms with Crippen LogP contribution in [0.5, 0.6) is 0 Å². The number of benzene rings is 2. The Labute approximate surface area is 140 Å². The molecule has 24 heavy (non-hydrogen) atoms. The molecule has 1 atom stereocenters. The van der Waals surface area contributed by atoms with E-state index in [4.69, 9.17) is 5.11 Å². The van der Waals surface area contributed by atoms with Crippen molar-refractivity contribution in [2.24, 2.45) is 0 Å². The molecule has 0 saturated heterocycles. The van der Waals surface area contributed by atoms with E-state index in [9.17, 15) is 4.79 Å². The van der Waals surface area contributed by atoms with Gasteiger partial charge in [-0.2, -0.15) is 0 Å². The molecule has 1 aromatic heterocycles. The average molecular weight is 321 g/mol. The Morgan fingerprint density at radius 2 is 1.75 bits per heavy atom. The van der Waals surface area contributed by atoms with E-state index in [-0.39, 0.29) is 6.04 Å². The molecule has 0 saturated carbocycles. The monoisotopic (exact) mass is 321 g/mol. The van der Waals surface area contributed by atoms with Crippen LogP contribution in [0.1, 0.15) is 23.9 Å². The van der Waals surface area contributed by atoms with E-state index >= 15 is 0 Å². The van der Waals surface area contributed by atoms with Crippen molar-refractivity contribution >= 4 is 6.09 Å². The number of carboxylic acid groups (broad SMARTS) is 1. The Kier molecular flexibility index (Phi) is 4.91. The van der Waals surface area contributed by atoms with Gasteiger partial charge in [0.15, 0.2) is 0 Å². The molecule has 0 radical (unpaired) electrons. The molecule has 1 unspecified atom stereocenters. The van der Waals surface area contributed by atoms with E-state index < -0.39 is 6.09 Å². The van der Waals surface area contributed by atoms with Gasteiger partial charge in [-0.05, 0) is 18.4 Å². The standard InChI is InChI=1S/C19H19N3O2/c23-19(24)22-16(12-11-14-7-3-1-4-8-14)18-20-13-17(21-18)15-9-5-2-6-10-15/h1-10,13,16,22H,11-12H2,(H,20,21)(H,23,24). The fraction of sp³-hybridized carbons (Fsp3) is 0.158. The lowest BCUT2D eigenvalue weighted by Crippen LogP contribution is -2.28. The lowest BCUT2D eigenvalue weighted by atomic mass is 10.0. The molecule has 0 fully saturated rings. The normalized spacial score (nSPS) is 11.8. The summed E-state index contributed by atoms with van der Waals surface area (Å²) in [5.74, 6) is 0.632. The van der Waals surface area contributed by atoms with Gasteiger partial charge in [0.2, 0.25) is 0 Å². The first kappa shape index (κ1) is 15.8. The van der Waals surface area contributed by atoms with Crippen LogP contribution in [0, 0.1) is 0 Å². The first-order valence-corrected chi connectivity index (χ1v) is 7.86. The minimum atomic E-state index is -1.05. The first-order valence-electron chi connectivity index (χ1n) is 7.86. The molecule has 3 N–H and O–H groups in total. The quantitative estimate of drug-likeness (QED) is 0.641. The third-order valence-electron chi connectivity index (χ3n) is 3.86. The number of amides is 1. The third-order valence-corrected chi connectivity index (χ3v) is 3.86.